The van der Waals surface area contributed by atoms with Crippen molar-refractivity contribution < 1.29 is 9.47 Å². The molecule has 0 aromatic carbocycles. The van der Waals surface area contributed by atoms with Gasteiger partial charge in [-0.15, -0.1) is 0 Å². The third-order valence-corrected chi connectivity index (χ3v) is 6.88. The minimum absolute atomic E-state index is 0.224. The van der Waals surface area contributed by atoms with Gasteiger partial charge in [-0.05, 0) is 57.4 Å². The second kappa shape index (κ2) is 9.29. The Labute approximate surface area is 179 Å². The Bertz CT molecular complexity index is 791. The maximum Gasteiger partial charge on any atom is 0.316 e. The molecule has 160 valence electrons. The molecule has 0 spiro atoms. The first-order chi connectivity index (χ1) is 14.8. The molecule has 6 nitrogen and oxygen atoms in total. The number of piperidine rings is 1. The van der Waals surface area contributed by atoms with E-state index in [1.807, 2.05) is 30.7 Å². The number of nitrogens with zero attached hydrogens (tertiary/aromatic N) is 4. The van der Waals surface area contributed by atoms with Gasteiger partial charge in [-0.1, -0.05) is 12.8 Å². The molecule has 0 amide bonds. The van der Waals surface area contributed by atoms with E-state index in [1.54, 1.807) is 0 Å². The van der Waals surface area contributed by atoms with Crippen LogP contribution in [0.25, 0.3) is 11.1 Å². The van der Waals surface area contributed by atoms with Crippen LogP contribution in [0.3, 0.4) is 0 Å². The molecule has 2 aromatic rings. The Morgan fingerprint density at radius 3 is 1.97 bits per heavy atom. The molecule has 0 N–H and O–H groups in total. The molecule has 3 aliphatic rings. The van der Waals surface area contributed by atoms with Crippen molar-refractivity contribution in [1.29, 1.82) is 0 Å². The molecule has 0 radical (unpaired) electrons. The van der Waals surface area contributed by atoms with Crippen molar-refractivity contribution in [1.82, 2.24) is 19.9 Å². The van der Waals surface area contributed by atoms with Crippen molar-refractivity contribution in [3.63, 3.8) is 0 Å². The normalized spacial score (nSPS) is 21.9. The predicted octanol–water partition coefficient (Wildman–Crippen LogP) is 4.65. The van der Waals surface area contributed by atoms with Crippen LogP contribution in [0, 0.1) is 0 Å². The van der Waals surface area contributed by atoms with Gasteiger partial charge in [0.05, 0.1) is 0 Å². The Balaban J connectivity index is 1.13. The Hall–Kier alpha value is -2.21. The zero-order valence-corrected chi connectivity index (χ0v) is 17.7. The van der Waals surface area contributed by atoms with Crippen LogP contribution in [0.2, 0.25) is 0 Å². The summed E-state index contributed by atoms with van der Waals surface area (Å²) in [5, 5.41) is 0. The molecule has 1 saturated heterocycles. The number of ether oxygens (including phenoxy) is 2. The fourth-order valence-corrected chi connectivity index (χ4v) is 5.10. The van der Waals surface area contributed by atoms with Crippen LogP contribution < -0.4 is 9.47 Å². The zero-order valence-electron chi connectivity index (χ0n) is 17.7. The first kappa shape index (κ1) is 19.7. The monoisotopic (exact) mass is 408 g/mol. The van der Waals surface area contributed by atoms with E-state index in [9.17, 15) is 0 Å². The highest BCUT2D eigenvalue weighted by molar-refractivity contribution is 5.60. The van der Waals surface area contributed by atoms with Gasteiger partial charge >= 0.3 is 6.01 Å². The minimum atomic E-state index is 0.224. The second-order valence-corrected chi connectivity index (χ2v) is 8.96. The summed E-state index contributed by atoms with van der Waals surface area (Å²) in [6.07, 6.45) is 18.5. The maximum atomic E-state index is 6.07. The van der Waals surface area contributed by atoms with Gasteiger partial charge in [-0.2, -0.15) is 0 Å². The highest BCUT2D eigenvalue weighted by Crippen LogP contribution is 2.28. The van der Waals surface area contributed by atoms with Crippen LogP contribution in [0.5, 0.6) is 11.9 Å². The van der Waals surface area contributed by atoms with Crippen LogP contribution in [-0.4, -0.2) is 51.2 Å². The quantitative estimate of drug-likeness (QED) is 0.694. The molecular formula is C24H32N4O2. The van der Waals surface area contributed by atoms with Gasteiger partial charge in [-0.25, -0.2) is 15.0 Å². The summed E-state index contributed by atoms with van der Waals surface area (Å²) in [6.45, 7) is 2.27. The summed E-state index contributed by atoms with van der Waals surface area (Å²) in [7, 11) is 0. The third kappa shape index (κ3) is 4.75. The topological polar surface area (TPSA) is 60.4 Å². The standard InChI is InChI=1S/C24H32N4O2/c1-2-6-20(5-1)28-13-11-22(12-14-28)30-24-26-16-19(17-27-24)18-9-10-23(25-15-18)29-21-7-3-4-8-21/h9-10,15-17,20-22H,1-8,11-14H2. The molecular weight excluding hydrogens is 376 g/mol. The summed E-state index contributed by atoms with van der Waals surface area (Å²) in [6, 6.07) is 5.25. The van der Waals surface area contributed by atoms with E-state index < -0.39 is 0 Å². The lowest BCUT2D eigenvalue weighted by molar-refractivity contribution is 0.0710. The van der Waals surface area contributed by atoms with Gasteiger partial charge in [0, 0.05) is 54.9 Å². The highest BCUT2D eigenvalue weighted by atomic mass is 16.5. The van der Waals surface area contributed by atoms with Crippen molar-refractivity contribution >= 4 is 0 Å². The van der Waals surface area contributed by atoms with Gasteiger partial charge < -0.3 is 14.4 Å². The van der Waals surface area contributed by atoms with Crippen LogP contribution in [0.15, 0.2) is 30.7 Å². The molecule has 1 aliphatic heterocycles. The largest absolute Gasteiger partial charge is 0.474 e. The molecule has 0 atom stereocenters. The van der Waals surface area contributed by atoms with E-state index in [4.69, 9.17) is 9.47 Å². The van der Waals surface area contributed by atoms with Crippen molar-refractivity contribution in [3.8, 4) is 23.0 Å². The van der Waals surface area contributed by atoms with Crippen molar-refractivity contribution in [2.24, 2.45) is 0 Å². The van der Waals surface area contributed by atoms with E-state index in [0.29, 0.717) is 18.0 Å². The number of likely N-dealkylation sites (tertiary alicyclic amines) is 1. The second-order valence-electron chi connectivity index (χ2n) is 8.96. The van der Waals surface area contributed by atoms with Gasteiger partial charge in [0.1, 0.15) is 12.2 Å². The molecule has 0 unspecified atom stereocenters. The summed E-state index contributed by atoms with van der Waals surface area (Å²) < 4.78 is 12.0. The molecule has 2 saturated carbocycles. The summed E-state index contributed by atoms with van der Waals surface area (Å²) in [4.78, 5) is 16.0. The van der Waals surface area contributed by atoms with Crippen LogP contribution in [0.4, 0.5) is 0 Å². The maximum absolute atomic E-state index is 6.07. The lowest BCUT2D eigenvalue weighted by Gasteiger charge is -2.35. The molecule has 2 aliphatic carbocycles. The van der Waals surface area contributed by atoms with Gasteiger partial charge in [0.2, 0.25) is 5.88 Å². The molecule has 6 heteroatoms. The van der Waals surface area contributed by atoms with Gasteiger partial charge in [0.25, 0.3) is 0 Å². The SMILES string of the molecule is c1cc(OC2CCCC2)ncc1-c1cnc(OC2CCN(C3CCCC3)CC2)nc1. The molecule has 0 bridgehead atoms. The smallest absolute Gasteiger partial charge is 0.316 e. The lowest BCUT2D eigenvalue weighted by atomic mass is 10.0. The number of aromatic nitrogens is 3. The summed E-state index contributed by atoms with van der Waals surface area (Å²) >= 11 is 0. The van der Waals surface area contributed by atoms with E-state index in [2.05, 4.69) is 19.9 Å². The van der Waals surface area contributed by atoms with Crippen molar-refractivity contribution in [2.75, 3.05) is 13.1 Å². The number of rotatable bonds is 6. The predicted molar refractivity (Wildman–Crippen MR) is 116 cm³/mol. The van der Waals surface area contributed by atoms with Gasteiger partial charge in [0.15, 0.2) is 0 Å². The fraction of sp³-hybridized carbons (Fsp3) is 0.625. The zero-order chi connectivity index (χ0) is 20.2. The number of hydrogen-bond acceptors (Lipinski definition) is 6. The molecule has 3 fully saturated rings. The van der Waals surface area contributed by atoms with E-state index >= 15 is 0 Å². The first-order valence-electron chi connectivity index (χ1n) is 11.7. The average molecular weight is 409 g/mol. The Morgan fingerprint density at radius 2 is 1.30 bits per heavy atom. The lowest BCUT2D eigenvalue weighted by Crippen LogP contribution is -2.43. The summed E-state index contributed by atoms with van der Waals surface area (Å²) in [5.74, 6) is 0.704. The Morgan fingerprint density at radius 1 is 0.667 bits per heavy atom. The van der Waals surface area contributed by atoms with E-state index in [0.717, 1.165) is 55.9 Å². The molecule has 3 heterocycles. The van der Waals surface area contributed by atoms with Crippen LogP contribution in [0.1, 0.15) is 64.2 Å². The highest BCUT2D eigenvalue weighted by Gasteiger charge is 2.28. The number of hydrogen-bond donors (Lipinski definition) is 0. The van der Waals surface area contributed by atoms with Crippen LogP contribution in [-0.2, 0) is 0 Å². The molecule has 5 rings (SSSR count). The third-order valence-electron chi connectivity index (χ3n) is 6.88. The summed E-state index contributed by atoms with van der Waals surface area (Å²) in [5.41, 5.74) is 1.93. The first-order valence-corrected chi connectivity index (χ1v) is 11.7. The van der Waals surface area contributed by atoms with Crippen molar-refractivity contribution in [3.05, 3.63) is 30.7 Å². The average Bonchev–Trinajstić information content (AvgIpc) is 3.50. The number of pyridine rings is 1. The fourth-order valence-electron chi connectivity index (χ4n) is 5.10. The van der Waals surface area contributed by atoms with Crippen LogP contribution >= 0.6 is 0 Å². The molecule has 30 heavy (non-hydrogen) atoms. The van der Waals surface area contributed by atoms with E-state index in [-0.39, 0.29) is 6.10 Å². The van der Waals surface area contributed by atoms with Gasteiger partial charge in [-0.3, -0.25) is 0 Å². The van der Waals surface area contributed by atoms with E-state index in [1.165, 1.54) is 38.5 Å². The minimum Gasteiger partial charge on any atom is -0.474 e. The Kier molecular flexibility index (Phi) is 6.11. The van der Waals surface area contributed by atoms with Crippen molar-refractivity contribution in [2.45, 2.75) is 82.5 Å². The molecule has 2 aromatic heterocycles.